The number of carboxylic acid groups (broad SMARTS) is 1. The molecule has 1 heterocycles. The van der Waals surface area contributed by atoms with Crippen molar-refractivity contribution < 1.29 is 9.90 Å². The minimum Gasteiger partial charge on any atom is -0.481 e. The van der Waals surface area contributed by atoms with Crippen molar-refractivity contribution in [2.24, 2.45) is 0 Å². The molecule has 0 amide bonds. The van der Waals surface area contributed by atoms with Crippen molar-refractivity contribution in [2.75, 3.05) is 0 Å². The third-order valence-electron chi connectivity index (χ3n) is 3.82. The number of rotatable bonds is 2. The number of hydrogen-bond acceptors (Lipinski definition) is 2. The van der Waals surface area contributed by atoms with Crippen molar-refractivity contribution in [3.05, 3.63) is 42.2 Å². The molecule has 1 saturated carbocycles. The predicted molar refractivity (Wildman–Crippen MR) is 64.9 cm³/mol. The van der Waals surface area contributed by atoms with Crippen LogP contribution in [0.15, 0.2) is 36.7 Å². The summed E-state index contributed by atoms with van der Waals surface area (Å²) >= 11 is 0. The average molecular weight is 227 g/mol. The van der Waals surface area contributed by atoms with Crippen molar-refractivity contribution in [1.82, 2.24) is 4.98 Å². The third kappa shape index (κ3) is 1.35. The molecular weight excluding hydrogens is 214 g/mol. The van der Waals surface area contributed by atoms with E-state index in [9.17, 15) is 9.90 Å². The highest BCUT2D eigenvalue weighted by atomic mass is 16.4. The molecule has 3 nitrogen and oxygen atoms in total. The number of fused-ring (bicyclic) bond motifs is 1. The molecule has 86 valence electrons. The van der Waals surface area contributed by atoms with Crippen LogP contribution >= 0.6 is 0 Å². The highest BCUT2D eigenvalue weighted by molar-refractivity contribution is 5.93. The second-order valence-corrected chi connectivity index (χ2v) is 4.64. The Bertz CT molecular complexity index is 582. The molecule has 3 rings (SSSR count). The zero-order valence-electron chi connectivity index (χ0n) is 9.39. The maximum absolute atomic E-state index is 11.5. The first-order valence-corrected chi connectivity index (χ1v) is 5.81. The molecule has 0 atom stereocenters. The lowest BCUT2D eigenvalue weighted by Crippen LogP contribution is -2.42. The summed E-state index contributed by atoms with van der Waals surface area (Å²) in [6, 6.07) is 7.78. The van der Waals surface area contributed by atoms with E-state index in [-0.39, 0.29) is 0 Å². The van der Waals surface area contributed by atoms with Crippen LogP contribution in [0.3, 0.4) is 0 Å². The molecule has 0 radical (unpaired) electrons. The van der Waals surface area contributed by atoms with E-state index in [1.54, 1.807) is 12.4 Å². The van der Waals surface area contributed by atoms with Crippen LogP contribution in [0.4, 0.5) is 0 Å². The lowest BCUT2D eigenvalue weighted by molar-refractivity contribution is -0.147. The summed E-state index contributed by atoms with van der Waals surface area (Å²) in [5, 5.41) is 11.5. The minimum atomic E-state index is -0.708. The number of nitrogens with zero attached hydrogens (tertiary/aromatic N) is 1. The fourth-order valence-corrected chi connectivity index (χ4v) is 2.66. The summed E-state index contributed by atoms with van der Waals surface area (Å²) in [6.07, 6.45) is 5.96. The third-order valence-corrected chi connectivity index (χ3v) is 3.82. The van der Waals surface area contributed by atoms with E-state index in [2.05, 4.69) is 4.98 Å². The Morgan fingerprint density at radius 3 is 2.76 bits per heavy atom. The van der Waals surface area contributed by atoms with Crippen molar-refractivity contribution in [3.8, 4) is 0 Å². The Kier molecular flexibility index (Phi) is 2.15. The van der Waals surface area contributed by atoms with Gasteiger partial charge in [0, 0.05) is 17.8 Å². The van der Waals surface area contributed by atoms with E-state index in [1.165, 1.54) is 0 Å². The van der Waals surface area contributed by atoms with Gasteiger partial charge in [-0.2, -0.15) is 0 Å². The maximum atomic E-state index is 11.5. The van der Waals surface area contributed by atoms with Gasteiger partial charge in [0.15, 0.2) is 0 Å². The topological polar surface area (TPSA) is 50.2 Å². The molecular formula is C14H13NO2. The second kappa shape index (κ2) is 3.55. The smallest absolute Gasteiger partial charge is 0.314 e. The maximum Gasteiger partial charge on any atom is 0.314 e. The molecule has 3 heteroatoms. The summed E-state index contributed by atoms with van der Waals surface area (Å²) in [7, 11) is 0. The fourth-order valence-electron chi connectivity index (χ4n) is 2.66. The van der Waals surface area contributed by atoms with Crippen LogP contribution in [0.5, 0.6) is 0 Å². The van der Waals surface area contributed by atoms with Gasteiger partial charge in [-0.05, 0) is 29.9 Å². The Labute approximate surface area is 99.1 Å². The molecule has 17 heavy (non-hydrogen) atoms. The van der Waals surface area contributed by atoms with Crippen molar-refractivity contribution in [1.29, 1.82) is 0 Å². The van der Waals surface area contributed by atoms with Crippen LogP contribution in [-0.2, 0) is 10.2 Å². The second-order valence-electron chi connectivity index (χ2n) is 4.64. The molecule has 1 aliphatic rings. The van der Waals surface area contributed by atoms with Crippen molar-refractivity contribution in [2.45, 2.75) is 24.7 Å². The molecule has 1 aromatic carbocycles. The Hall–Kier alpha value is -1.90. The van der Waals surface area contributed by atoms with E-state index in [0.29, 0.717) is 0 Å². The largest absolute Gasteiger partial charge is 0.481 e. The van der Waals surface area contributed by atoms with Gasteiger partial charge < -0.3 is 5.11 Å². The summed E-state index contributed by atoms with van der Waals surface area (Å²) in [6.45, 7) is 0. The molecule has 0 aliphatic heterocycles. The molecule has 1 fully saturated rings. The summed E-state index contributed by atoms with van der Waals surface area (Å²) in [4.78, 5) is 15.6. The number of carbonyl (C=O) groups is 1. The predicted octanol–water partition coefficient (Wildman–Crippen LogP) is 2.74. The standard InChI is InChI=1S/C14H13NO2/c16-13(17)14(6-2-7-14)12-4-1-3-10-5-8-15-9-11(10)12/h1,3-5,8-9H,2,6-7H2,(H,16,17). The number of hydrogen-bond donors (Lipinski definition) is 1. The van der Waals surface area contributed by atoms with Gasteiger partial charge in [-0.15, -0.1) is 0 Å². The molecule has 0 bridgehead atoms. The minimum absolute atomic E-state index is 0.678. The van der Waals surface area contributed by atoms with Crippen LogP contribution in [0.2, 0.25) is 0 Å². The SMILES string of the molecule is O=C(O)C1(c2cccc3ccncc23)CCC1. The molecule has 0 spiro atoms. The van der Waals surface area contributed by atoms with Gasteiger partial charge in [0.1, 0.15) is 0 Å². The lowest BCUT2D eigenvalue weighted by atomic mass is 9.63. The summed E-state index contributed by atoms with van der Waals surface area (Å²) in [5.41, 5.74) is 0.240. The van der Waals surface area contributed by atoms with Gasteiger partial charge in [-0.25, -0.2) is 0 Å². The number of carboxylic acids is 1. The van der Waals surface area contributed by atoms with Crippen molar-refractivity contribution >= 4 is 16.7 Å². The molecule has 1 aromatic heterocycles. The van der Waals surface area contributed by atoms with E-state index >= 15 is 0 Å². The van der Waals surface area contributed by atoms with Gasteiger partial charge in [0.2, 0.25) is 0 Å². The van der Waals surface area contributed by atoms with Gasteiger partial charge in [-0.1, -0.05) is 24.6 Å². The first-order chi connectivity index (χ1) is 8.24. The molecule has 0 saturated heterocycles. The van der Waals surface area contributed by atoms with Crippen molar-refractivity contribution in [3.63, 3.8) is 0 Å². The number of pyridine rings is 1. The molecule has 1 N–H and O–H groups in total. The lowest BCUT2D eigenvalue weighted by Gasteiger charge is -2.38. The Balaban J connectivity index is 2.27. The first-order valence-electron chi connectivity index (χ1n) is 5.81. The van der Waals surface area contributed by atoms with Crippen LogP contribution in [0, 0.1) is 0 Å². The quantitative estimate of drug-likeness (QED) is 0.858. The monoisotopic (exact) mass is 227 g/mol. The van der Waals surface area contributed by atoms with Gasteiger partial charge >= 0.3 is 5.97 Å². The Morgan fingerprint density at radius 2 is 2.12 bits per heavy atom. The summed E-state index contributed by atoms with van der Waals surface area (Å²) in [5.74, 6) is -0.708. The zero-order chi connectivity index (χ0) is 11.9. The van der Waals surface area contributed by atoms with Crippen LogP contribution in [-0.4, -0.2) is 16.1 Å². The molecule has 0 unspecified atom stereocenters. The first kappa shape index (κ1) is 10.3. The zero-order valence-corrected chi connectivity index (χ0v) is 9.39. The number of aromatic nitrogens is 1. The van der Waals surface area contributed by atoms with E-state index < -0.39 is 11.4 Å². The number of benzene rings is 1. The van der Waals surface area contributed by atoms with Crippen LogP contribution in [0.25, 0.3) is 10.8 Å². The summed E-state index contributed by atoms with van der Waals surface area (Å²) < 4.78 is 0. The molecule has 1 aliphatic carbocycles. The highest BCUT2D eigenvalue weighted by Crippen LogP contribution is 2.46. The Morgan fingerprint density at radius 1 is 1.29 bits per heavy atom. The van der Waals surface area contributed by atoms with Gasteiger partial charge in [0.25, 0.3) is 0 Å². The van der Waals surface area contributed by atoms with E-state index in [4.69, 9.17) is 0 Å². The number of aliphatic carboxylic acids is 1. The van der Waals surface area contributed by atoms with Crippen LogP contribution < -0.4 is 0 Å². The van der Waals surface area contributed by atoms with E-state index in [1.807, 2.05) is 24.3 Å². The molecule has 2 aromatic rings. The fraction of sp³-hybridized carbons (Fsp3) is 0.286. The normalized spacial score (nSPS) is 17.6. The van der Waals surface area contributed by atoms with E-state index in [0.717, 1.165) is 35.6 Å². The highest BCUT2D eigenvalue weighted by Gasteiger charge is 2.46. The van der Waals surface area contributed by atoms with Crippen LogP contribution in [0.1, 0.15) is 24.8 Å². The average Bonchev–Trinajstić information content (AvgIpc) is 2.27. The van der Waals surface area contributed by atoms with Gasteiger partial charge in [-0.3, -0.25) is 9.78 Å². The van der Waals surface area contributed by atoms with Gasteiger partial charge in [0.05, 0.1) is 5.41 Å².